The van der Waals surface area contributed by atoms with E-state index in [0.717, 1.165) is 6.42 Å². The number of aliphatic carboxylic acids is 2. The van der Waals surface area contributed by atoms with Gasteiger partial charge in [0.05, 0.1) is 73.5 Å². The van der Waals surface area contributed by atoms with E-state index in [2.05, 4.69) is 11.3 Å². The normalized spacial score (nSPS) is 17.0. The lowest BCUT2D eigenvalue weighted by molar-refractivity contribution is -0.181. The van der Waals surface area contributed by atoms with Crippen LogP contribution in [0.25, 0.3) is 0 Å². The summed E-state index contributed by atoms with van der Waals surface area (Å²) in [6.45, 7) is 30.6. The molecule has 0 aliphatic carbocycles. The zero-order valence-corrected chi connectivity index (χ0v) is 42.7. The molecule has 0 bridgehead atoms. The van der Waals surface area contributed by atoms with Gasteiger partial charge in [0, 0.05) is 5.57 Å². The van der Waals surface area contributed by atoms with Crippen LogP contribution in [0.2, 0.25) is 0 Å². The predicted molar refractivity (Wildman–Crippen MR) is 249 cm³/mol. The molecule has 3 atom stereocenters. The molecule has 3 unspecified atom stereocenters. The van der Waals surface area contributed by atoms with E-state index in [1.165, 1.54) is 28.3 Å². The van der Waals surface area contributed by atoms with Crippen molar-refractivity contribution in [2.24, 2.45) is 32.5 Å². The molecule has 1 saturated heterocycles. The molecule has 388 valence electrons. The number of ether oxygens (including phenoxy) is 7. The molecular formula is C48H88O18. The highest BCUT2D eigenvalue weighted by Crippen LogP contribution is 2.43. The van der Waals surface area contributed by atoms with Crippen molar-refractivity contribution in [2.45, 2.75) is 162 Å². The van der Waals surface area contributed by atoms with Crippen molar-refractivity contribution in [3.05, 3.63) is 12.2 Å². The maximum absolute atomic E-state index is 11.9. The van der Waals surface area contributed by atoms with Gasteiger partial charge in [-0.3, -0.25) is 33.6 Å². The molecule has 1 heterocycles. The van der Waals surface area contributed by atoms with Gasteiger partial charge in [-0.1, -0.05) is 48.6 Å². The van der Waals surface area contributed by atoms with Crippen LogP contribution in [0.5, 0.6) is 0 Å². The molecule has 66 heavy (non-hydrogen) atoms. The highest BCUT2D eigenvalue weighted by molar-refractivity contribution is 5.87. The largest absolute Gasteiger partial charge is 0.481 e. The predicted octanol–water partition coefficient (Wildman–Crippen LogP) is 7.78. The lowest BCUT2D eigenvalue weighted by Gasteiger charge is -2.42. The van der Waals surface area contributed by atoms with Crippen LogP contribution in [0, 0.1) is 32.5 Å². The molecule has 0 aromatic rings. The van der Waals surface area contributed by atoms with Gasteiger partial charge in [-0.05, 0) is 108 Å². The molecule has 0 spiro atoms. The summed E-state index contributed by atoms with van der Waals surface area (Å²) < 4.78 is 34.1. The third kappa shape index (κ3) is 27.2. The molecule has 0 saturated carbocycles. The highest BCUT2D eigenvalue weighted by atomic mass is 16.6. The molecule has 0 amide bonds. The maximum atomic E-state index is 11.9. The minimum absolute atomic E-state index is 0. The van der Waals surface area contributed by atoms with Crippen molar-refractivity contribution in [3.63, 3.8) is 0 Å². The second kappa shape index (κ2) is 33.0. The van der Waals surface area contributed by atoms with Crippen LogP contribution in [0.3, 0.4) is 0 Å². The first-order valence-electron chi connectivity index (χ1n) is 21.7. The van der Waals surface area contributed by atoms with Gasteiger partial charge < -0.3 is 48.5 Å². The van der Waals surface area contributed by atoms with E-state index < -0.39 is 51.1 Å². The molecule has 1 aliphatic heterocycles. The number of carboxylic acid groups (broad SMARTS) is 2. The van der Waals surface area contributed by atoms with E-state index in [1.54, 1.807) is 48.5 Å². The Labute approximate surface area is 395 Å². The number of hydrogen-bond donors (Lipinski definition) is 3. The summed E-state index contributed by atoms with van der Waals surface area (Å²) in [6, 6.07) is 0. The van der Waals surface area contributed by atoms with Crippen LogP contribution in [0.15, 0.2) is 12.2 Å². The Hall–Kier alpha value is -4.58. The average Bonchev–Trinajstić information content (AvgIpc) is 3.26. The zero-order chi connectivity index (χ0) is 52.2. The standard InChI is InChI=1S/C13H22O5.C12H20O5.C9H16O4.C7H14O2.C6H12O2.CH4/c1-6-13(4,5)12(16)18-8-10(14)7-17-11(15)9(2)3;1-5-12(10(14)16-4)6-11(2,7-17-8-12)9(13)15-3;1-4-9(2,3)8(12)13-6-5-7(10)11;1-5-7(2,3)6(8)9-4;1-4-6(2,3)5(7)8;/h10,14H,2,6-8H2,1,3-5H3;5-8H2,1-4H3;4-6H2,1-3H3,(H,10,11);5H2,1-4H3;4H2,1-3H3,(H,7,8);1H4. The molecule has 1 fully saturated rings. The van der Waals surface area contributed by atoms with Gasteiger partial charge in [0.25, 0.3) is 0 Å². The molecule has 18 nitrogen and oxygen atoms in total. The SMILES string of the molecule is C.C=C(C)C(=O)OCC(O)COC(=O)C(C)(C)CC.CCC(C)(C)C(=O)O.CCC(C)(C)C(=O)OC.CCC(C)(C)C(=O)OCCC(=O)O.CCC1(C(=O)OC)COCC(C)(C(=O)OC)C1. The number of carbonyl (C=O) groups excluding carboxylic acids is 6. The van der Waals surface area contributed by atoms with Gasteiger partial charge in [-0.25, -0.2) is 4.79 Å². The summed E-state index contributed by atoms with van der Waals surface area (Å²) in [5.74, 6) is -3.78. The third-order valence-corrected chi connectivity index (χ3v) is 11.2. The summed E-state index contributed by atoms with van der Waals surface area (Å²) in [6.07, 6.45) is 2.64. The average molecular weight is 953 g/mol. The first kappa shape index (κ1) is 70.4. The van der Waals surface area contributed by atoms with Gasteiger partial charge in [0.2, 0.25) is 0 Å². The van der Waals surface area contributed by atoms with Crippen molar-refractivity contribution >= 4 is 47.8 Å². The number of esters is 6. The lowest BCUT2D eigenvalue weighted by atomic mass is 9.69. The maximum Gasteiger partial charge on any atom is 0.333 e. The quantitative estimate of drug-likeness (QED) is 0.0634. The minimum Gasteiger partial charge on any atom is -0.481 e. The van der Waals surface area contributed by atoms with E-state index in [4.69, 9.17) is 38.6 Å². The molecule has 18 heteroatoms. The molecule has 1 rings (SSSR count). The third-order valence-electron chi connectivity index (χ3n) is 11.2. The smallest absolute Gasteiger partial charge is 0.333 e. The fourth-order valence-electron chi connectivity index (χ4n) is 4.41. The van der Waals surface area contributed by atoms with Gasteiger partial charge in [0.15, 0.2) is 0 Å². The van der Waals surface area contributed by atoms with Gasteiger partial charge in [-0.15, -0.1) is 0 Å². The number of rotatable bonds is 19. The molecular weight excluding hydrogens is 865 g/mol. The lowest BCUT2D eigenvalue weighted by Crippen LogP contribution is -2.50. The monoisotopic (exact) mass is 953 g/mol. The number of carboxylic acids is 2. The minimum atomic E-state index is -1.02. The summed E-state index contributed by atoms with van der Waals surface area (Å²) in [7, 11) is 4.11. The van der Waals surface area contributed by atoms with E-state index in [9.17, 15) is 43.5 Å². The van der Waals surface area contributed by atoms with E-state index in [-0.39, 0.29) is 81.1 Å². The van der Waals surface area contributed by atoms with E-state index in [1.807, 2.05) is 48.5 Å². The Bertz CT molecular complexity index is 1530. The molecule has 0 radical (unpaired) electrons. The first-order valence-corrected chi connectivity index (χ1v) is 21.7. The summed E-state index contributed by atoms with van der Waals surface area (Å²) in [5.41, 5.74) is -3.21. The van der Waals surface area contributed by atoms with Gasteiger partial charge >= 0.3 is 47.8 Å². The van der Waals surface area contributed by atoms with Crippen molar-refractivity contribution in [2.75, 3.05) is 54.4 Å². The molecule has 1 aliphatic rings. The second-order valence-electron chi connectivity index (χ2n) is 18.5. The first-order chi connectivity index (χ1) is 29.6. The van der Waals surface area contributed by atoms with Crippen molar-refractivity contribution in [1.29, 1.82) is 0 Å². The van der Waals surface area contributed by atoms with Crippen molar-refractivity contribution < 1.29 is 86.8 Å². The van der Waals surface area contributed by atoms with Crippen molar-refractivity contribution in [1.82, 2.24) is 0 Å². The van der Waals surface area contributed by atoms with Crippen LogP contribution in [-0.2, 0) is 71.5 Å². The molecule has 0 aromatic carbocycles. The zero-order valence-electron chi connectivity index (χ0n) is 42.7. The number of hydrogen-bond acceptors (Lipinski definition) is 16. The number of aliphatic hydroxyl groups excluding tert-OH is 1. The Kier molecular flexibility index (Phi) is 35.2. The summed E-state index contributed by atoms with van der Waals surface area (Å²) in [5, 5.41) is 26.2. The Morgan fingerprint density at radius 2 is 1.05 bits per heavy atom. The highest BCUT2D eigenvalue weighted by Gasteiger charge is 2.51. The Morgan fingerprint density at radius 3 is 1.36 bits per heavy atom. The summed E-state index contributed by atoms with van der Waals surface area (Å²) in [4.78, 5) is 88.7. The van der Waals surface area contributed by atoms with Crippen LogP contribution in [0.4, 0.5) is 0 Å². The van der Waals surface area contributed by atoms with Crippen molar-refractivity contribution in [3.8, 4) is 0 Å². The van der Waals surface area contributed by atoms with Gasteiger partial charge in [-0.2, -0.15) is 0 Å². The van der Waals surface area contributed by atoms with Gasteiger partial charge in [0.1, 0.15) is 25.9 Å². The van der Waals surface area contributed by atoms with Crippen LogP contribution < -0.4 is 0 Å². The number of aliphatic hydroxyl groups is 1. The number of carbonyl (C=O) groups is 8. The Morgan fingerprint density at radius 1 is 0.636 bits per heavy atom. The fourth-order valence-corrected chi connectivity index (χ4v) is 4.41. The van der Waals surface area contributed by atoms with E-state index in [0.29, 0.717) is 38.7 Å². The van der Waals surface area contributed by atoms with Crippen LogP contribution in [-0.4, -0.2) is 124 Å². The van der Waals surface area contributed by atoms with Crippen LogP contribution >= 0.6 is 0 Å². The number of methoxy groups -OCH3 is 3. The fraction of sp³-hybridized carbons (Fsp3) is 0.792. The molecule has 0 aromatic heterocycles. The topological polar surface area (TPSA) is 262 Å². The second-order valence-corrected chi connectivity index (χ2v) is 18.5. The Balaban J connectivity index is -0.000000242. The van der Waals surface area contributed by atoms with E-state index >= 15 is 0 Å². The summed E-state index contributed by atoms with van der Waals surface area (Å²) >= 11 is 0. The van der Waals surface area contributed by atoms with Crippen LogP contribution in [0.1, 0.15) is 156 Å². The molecule has 3 N–H and O–H groups in total.